The van der Waals surface area contributed by atoms with E-state index in [0.717, 1.165) is 28.4 Å². The van der Waals surface area contributed by atoms with Crippen LogP contribution in [0.5, 0.6) is 0 Å². The zero-order valence-corrected chi connectivity index (χ0v) is 17.0. The second kappa shape index (κ2) is 7.41. The van der Waals surface area contributed by atoms with Crippen LogP contribution in [-0.4, -0.2) is 62.5 Å². The second-order valence-electron chi connectivity index (χ2n) is 6.94. The first-order chi connectivity index (χ1) is 13.6. The van der Waals surface area contributed by atoms with E-state index < -0.39 is 69.2 Å². The summed E-state index contributed by atoms with van der Waals surface area (Å²) in [6.45, 7) is 2.97. The van der Waals surface area contributed by atoms with E-state index >= 15 is 0 Å². The van der Waals surface area contributed by atoms with Gasteiger partial charge in [0.05, 0.1) is 39.6 Å². The Morgan fingerprint density at radius 2 is 1.21 bits per heavy atom. The van der Waals surface area contributed by atoms with Crippen LogP contribution < -0.4 is 0 Å². The van der Waals surface area contributed by atoms with E-state index in [9.17, 15) is 29.4 Å². The van der Waals surface area contributed by atoms with Gasteiger partial charge in [0, 0.05) is 10.8 Å². The van der Waals surface area contributed by atoms with Gasteiger partial charge in [-0.15, -0.1) is 0 Å². The van der Waals surface area contributed by atoms with Gasteiger partial charge in [0.1, 0.15) is 23.4 Å². The first-order valence-electron chi connectivity index (χ1n) is 8.76. The SMILES string of the molecule is CC[C@@]12C(C(=O)OC)=C(O)[C@@H](C(=O)OC)[C@]1(C)C(C(=O)OC)=C(O)[C@H]2C(=O)OC. The number of ether oxygens (including phenoxy) is 4. The van der Waals surface area contributed by atoms with E-state index in [1.54, 1.807) is 6.92 Å². The Bertz CT molecular complexity index is 838. The summed E-state index contributed by atoms with van der Waals surface area (Å²) < 4.78 is 19.2. The highest BCUT2D eigenvalue weighted by Crippen LogP contribution is 2.72. The third kappa shape index (κ3) is 2.47. The fourth-order valence-electron chi connectivity index (χ4n) is 5.07. The molecule has 29 heavy (non-hydrogen) atoms. The highest BCUT2D eigenvalue weighted by molar-refractivity contribution is 6.03. The average Bonchev–Trinajstić information content (AvgIpc) is 3.02. The predicted molar refractivity (Wildman–Crippen MR) is 95.2 cm³/mol. The maximum atomic E-state index is 12.7. The minimum atomic E-state index is -1.77. The van der Waals surface area contributed by atoms with Crippen LogP contribution in [0.15, 0.2) is 22.7 Å². The number of hydrogen-bond acceptors (Lipinski definition) is 10. The maximum absolute atomic E-state index is 12.7. The molecule has 160 valence electrons. The summed E-state index contributed by atoms with van der Waals surface area (Å²) in [6.07, 6.45) is -0.0458. The molecule has 0 heterocycles. The lowest BCUT2D eigenvalue weighted by Crippen LogP contribution is -2.49. The van der Waals surface area contributed by atoms with E-state index in [1.807, 2.05) is 0 Å². The van der Waals surface area contributed by atoms with Crippen molar-refractivity contribution >= 4 is 23.9 Å². The molecule has 2 aliphatic rings. The molecule has 2 rings (SSSR count). The molecule has 0 bridgehead atoms. The van der Waals surface area contributed by atoms with Crippen molar-refractivity contribution in [2.24, 2.45) is 22.7 Å². The van der Waals surface area contributed by atoms with Crippen molar-refractivity contribution in [3.63, 3.8) is 0 Å². The minimum Gasteiger partial charge on any atom is -0.511 e. The lowest BCUT2D eigenvalue weighted by atomic mass is 9.55. The summed E-state index contributed by atoms with van der Waals surface area (Å²) in [5, 5.41) is 21.8. The number of carbonyl (C=O) groups excluding carboxylic acids is 4. The van der Waals surface area contributed by atoms with Crippen molar-refractivity contribution in [3.8, 4) is 0 Å². The van der Waals surface area contributed by atoms with Gasteiger partial charge in [0.15, 0.2) is 0 Å². The molecule has 10 heteroatoms. The average molecular weight is 412 g/mol. The Labute approximate surface area is 167 Å². The molecule has 0 aromatic rings. The van der Waals surface area contributed by atoms with E-state index in [-0.39, 0.29) is 6.42 Å². The number of methoxy groups -OCH3 is 4. The molecule has 4 atom stereocenters. The van der Waals surface area contributed by atoms with Gasteiger partial charge in [-0.2, -0.15) is 0 Å². The Hall–Kier alpha value is -3.04. The molecule has 2 N–H and O–H groups in total. The molecule has 0 spiro atoms. The largest absolute Gasteiger partial charge is 0.511 e. The molecule has 0 aromatic heterocycles. The molecule has 0 aromatic carbocycles. The Balaban J connectivity index is 3.05. The molecule has 0 amide bonds. The van der Waals surface area contributed by atoms with Gasteiger partial charge in [-0.25, -0.2) is 9.59 Å². The second-order valence-corrected chi connectivity index (χ2v) is 6.94. The minimum absolute atomic E-state index is 0.0458. The maximum Gasteiger partial charge on any atom is 0.337 e. The van der Waals surface area contributed by atoms with E-state index in [4.69, 9.17) is 18.9 Å². The van der Waals surface area contributed by atoms with Crippen LogP contribution in [0.3, 0.4) is 0 Å². The van der Waals surface area contributed by atoms with Gasteiger partial charge in [-0.3, -0.25) is 9.59 Å². The Morgan fingerprint density at radius 1 is 0.793 bits per heavy atom. The molecule has 0 unspecified atom stereocenters. The molecule has 0 aliphatic heterocycles. The van der Waals surface area contributed by atoms with E-state index in [1.165, 1.54) is 6.92 Å². The Kier molecular flexibility index (Phi) is 5.69. The molecule has 2 aliphatic carbocycles. The third-order valence-electron chi connectivity index (χ3n) is 6.23. The summed E-state index contributed by atoms with van der Waals surface area (Å²) in [4.78, 5) is 50.7. The van der Waals surface area contributed by atoms with Crippen LogP contribution in [0.25, 0.3) is 0 Å². The van der Waals surface area contributed by atoms with Crippen LogP contribution in [-0.2, 0) is 38.1 Å². The highest BCUT2D eigenvalue weighted by atomic mass is 16.5. The van der Waals surface area contributed by atoms with Crippen LogP contribution in [0.1, 0.15) is 20.3 Å². The van der Waals surface area contributed by atoms with Crippen molar-refractivity contribution in [2.45, 2.75) is 20.3 Å². The van der Waals surface area contributed by atoms with Gasteiger partial charge in [-0.05, 0) is 6.42 Å². The summed E-state index contributed by atoms with van der Waals surface area (Å²) in [5.41, 5.74) is -4.32. The first-order valence-corrected chi connectivity index (χ1v) is 8.76. The predicted octanol–water partition coefficient (Wildman–Crippen LogP) is 0.965. The first kappa shape index (κ1) is 22.3. The number of carbonyl (C=O) groups is 4. The van der Waals surface area contributed by atoms with Gasteiger partial charge in [0.2, 0.25) is 0 Å². The topological polar surface area (TPSA) is 146 Å². The molecule has 0 radical (unpaired) electrons. The number of fused-ring (bicyclic) bond motifs is 1. The Morgan fingerprint density at radius 3 is 1.62 bits per heavy atom. The summed E-state index contributed by atoms with van der Waals surface area (Å²) >= 11 is 0. The van der Waals surface area contributed by atoms with Crippen molar-refractivity contribution in [2.75, 3.05) is 28.4 Å². The van der Waals surface area contributed by atoms with Crippen molar-refractivity contribution in [1.29, 1.82) is 0 Å². The van der Waals surface area contributed by atoms with Crippen LogP contribution in [0.4, 0.5) is 0 Å². The van der Waals surface area contributed by atoms with Gasteiger partial charge >= 0.3 is 23.9 Å². The van der Waals surface area contributed by atoms with Gasteiger partial charge in [0.25, 0.3) is 0 Å². The molecule has 0 saturated heterocycles. The normalized spacial score (nSPS) is 30.7. The third-order valence-corrected chi connectivity index (χ3v) is 6.23. The van der Waals surface area contributed by atoms with Crippen molar-refractivity contribution in [1.82, 2.24) is 0 Å². The standard InChI is InChI=1S/C19H24O10/c1-7-19-10(16(24)28-5)12(20)8(14(22)26-3)18(19,2)9(15(23)27-4)13(21)11(19)17(25)29-6/h8,11,20-21H,7H2,1-6H3/t8-,11-,18+,19-/m0/s1. The van der Waals surface area contributed by atoms with Crippen molar-refractivity contribution < 1.29 is 48.3 Å². The quantitative estimate of drug-likeness (QED) is 0.494. The lowest BCUT2D eigenvalue weighted by molar-refractivity contribution is -0.158. The van der Waals surface area contributed by atoms with Crippen LogP contribution in [0, 0.1) is 22.7 Å². The smallest absolute Gasteiger partial charge is 0.337 e. The van der Waals surface area contributed by atoms with Crippen LogP contribution in [0.2, 0.25) is 0 Å². The summed E-state index contributed by atoms with van der Waals surface area (Å²) in [7, 11) is 4.25. The summed E-state index contributed by atoms with van der Waals surface area (Å²) in [6, 6.07) is 0. The molecular formula is C19H24O10. The number of esters is 4. The number of aliphatic hydroxyl groups excluding tert-OH is 2. The van der Waals surface area contributed by atoms with Gasteiger partial charge in [-0.1, -0.05) is 13.8 Å². The highest BCUT2D eigenvalue weighted by Gasteiger charge is 2.77. The molecule has 0 fully saturated rings. The zero-order chi connectivity index (χ0) is 22.3. The zero-order valence-electron chi connectivity index (χ0n) is 17.0. The monoisotopic (exact) mass is 412 g/mol. The summed E-state index contributed by atoms with van der Waals surface area (Å²) in [5.74, 6) is -8.52. The van der Waals surface area contributed by atoms with Gasteiger partial charge < -0.3 is 29.2 Å². The van der Waals surface area contributed by atoms with E-state index in [2.05, 4.69) is 0 Å². The molecule has 10 nitrogen and oxygen atoms in total. The van der Waals surface area contributed by atoms with E-state index in [0.29, 0.717) is 0 Å². The number of rotatable bonds is 5. The fraction of sp³-hybridized carbons (Fsp3) is 0.579. The van der Waals surface area contributed by atoms with Crippen LogP contribution >= 0.6 is 0 Å². The number of aliphatic hydroxyl groups is 2. The van der Waals surface area contributed by atoms with Crippen molar-refractivity contribution in [3.05, 3.63) is 22.7 Å². The number of hydrogen-bond donors (Lipinski definition) is 2. The molecule has 0 saturated carbocycles. The lowest BCUT2D eigenvalue weighted by Gasteiger charge is -2.43. The molecular weight excluding hydrogens is 388 g/mol. The fourth-order valence-corrected chi connectivity index (χ4v) is 5.07.